The van der Waals surface area contributed by atoms with Crippen LogP contribution in [0.4, 0.5) is 0 Å². The van der Waals surface area contributed by atoms with Gasteiger partial charge in [-0.15, -0.1) is 0 Å². The molecule has 0 spiro atoms. The first-order chi connectivity index (χ1) is 17.7. The lowest BCUT2D eigenvalue weighted by atomic mass is 10.1. The summed E-state index contributed by atoms with van der Waals surface area (Å²) >= 11 is 1.47. The number of pyridine rings is 2. The average molecular weight is 535 g/mol. The van der Waals surface area contributed by atoms with E-state index in [0.717, 1.165) is 48.5 Å². The molecule has 5 rings (SSSR count). The summed E-state index contributed by atoms with van der Waals surface area (Å²) in [4.78, 5) is 15.1. The maximum atomic E-state index is 12.5. The summed E-state index contributed by atoms with van der Waals surface area (Å²) in [7, 11) is -1.97. The third-order valence-electron chi connectivity index (χ3n) is 5.88. The highest BCUT2D eigenvalue weighted by Crippen LogP contribution is 2.36. The predicted molar refractivity (Wildman–Crippen MR) is 146 cm³/mol. The minimum absolute atomic E-state index is 0.118. The highest BCUT2D eigenvalue weighted by molar-refractivity contribution is 7.89. The third kappa shape index (κ3) is 5.27. The zero-order chi connectivity index (χ0) is 26.2. The molecule has 0 radical (unpaired) electrons. The molecule has 1 N–H and O–H groups in total. The maximum absolute atomic E-state index is 12.5. The topological polar surface area (TPSA) is 103 Å². The van der Waals surface area contributed by atoms with Crippen LogP contribution in [0.2, 0.25) is 0 Å². The number of rotatable bonds is 8. The van der Waals surface area contributed by atoms with E-state index in [1.165, 1.54) is 11.3 Å². The standard InChI is InChI=1S/C27H26N4O4S2/c1-16-5-7-21(8-6-16)37(32,33)29-9-10-35-23-13-18(3)24-27(30-23)36-26(31-24)22-12-17(2)11-19-14-20(34-4)15-28-25(19)22/h5-8,11-15,29H,9-10H2,1-4H3. The Hall–Kier alpha value is -3.60. The van der Waals surface area contributed by atoms with Crippen molar-refractivity contribution in [1.29, 1.82) is 0 Å². The van der Waals surface area contributed by atoms with Gasteiger partial charge in [-0.1, -0.05) is 29.0 Å². The fraction of sp³-hybridized carbons (Fsp3) is 0.222. The number of aromatic nitrogens is 3. The molecule has 37 heavy (non-hydrogen) atoms. The minimum Gasteiger partial charge on any atom is -0.495 e. The third-order valence-corrected chi connectivity index (χ3v) is 8.34. The molecule has 8 nitrogen and oxygen atoms in total. The lowest BCUT2D eigenvalue weighted by Crippen LogP contribution is -2.28. The van der Waals surface area contributed by atoms with Crippen LogP contribution in [-0.4, -0.2) is 43.6 Å². The molecule has 5 aromatic rings. The minimum atomic E-state index is -3.60. The van der Waals surface area contributed by atoms with Gasteiger partial charge in [-0.05, 0) is 62.2 Å². The van der Waals surface area contributed by atoms with Gasteiger partial charge in [-0.25, -0.2) is 23.1 Å². The Labute approximate surface area is 219 Å². The number of hydrogen-bond donors (Lipinski definition) is 1. The van der Waals surface area contributed by atoms with Crippen molar-refractivity contribution in [3.8, 4) is 22.2 Å². The van der Waals surface area contributed by atoms with Crippen LogP contribution < -0.4 is 14.2 Å². The summed E-state index contributed by atoms with van der Waals surface area (Å²) in [6, 6.07) is 14.6. The van der Waals surface area contributed by atoms with E-state index in [1.54, 1.807) is 37.6 Å². The van der Waals surface area contributed by atoms with Gasteiger partial charge < -0.3 is 9.47 Å². The second-order valence-electron chi connectivity index (χ2n) is 8.77. The Morgan fingerprint density at radius 3 is 2.49 bits per heavy atom. The van der Waals surface area contributed by atoms with Gasteiger partial charge in [0.1, 0.15) is 27.7 Å². The molecule has 190 valence electrons. The summed E-state index contributed by atoms with van der Waals surface area (Å²) in [5, 5.41) is 1.80. The van der Waals surface area contributed by atoms with Gasteiger partial charge in [-0.2, -0.15) is 0 Å². The van der Waals surface area contributed by atoms with Crippen molar-refractivity contribution in [2.24, 2.45) is 0 Å². The van der Waals surface area contributed by atoms with Crippen LogP contribution in [0.3, 0.4) is 0 Å². The van der Waals surface area contributed by atoms with Crippen molar-refractivity contribution >= 4 is 42.6 Å². The lowest BCUT2D eigenvalue weighted by Gasteiger charge is -2.09. The first kappa shape index (κ1) is 25.1. The molecular weight excluding hydrogens is 508 g/mol. The number of ether oxygens (including phenoxy) is 2. The molecule has 0 unspecified atom stereocenters. The van der Waals surface area contributed by atoms with Crippen molar-refractivity contribution in [3.05, 3.63) is 71.4 Å². The fourth-order valence-electron chi connectivity index (χ4n) is 4.01. The zero-order valence-corrected chi connectivity index (χ0v) is 22.5. The van der Waals surface area contributed by atoms with Crippen molar-refractivity contribution in [2.75, 3.05) is 20.3 Å². The van der Waals surface area contributed by atoms with Gasteiger partial charge in [0.05, 0.1) is 23.7 Å². The molecule has 0 saturated carbocycles. The monoisotopic (exact) mass is 534 g/mol. The van der Waals surface area contributed by atoms with Crippen LogP contribution in [0.5, 0.6) is 11.6 Å². The van der Waals surface area contributed by atoms with E-state index in [4.69, 9.17) is 14.5 Å². The van der Waals surface area contributed by atoms with E-state index < -0.39 is 10.0 Å². The predicted octanol–water partition coefficient (Wildman–Crippen LogP) is 5.20. The molecule has 0 saturated heterocycles. The van der Waals surface area contributed by atoms with Crippen LogP contribution in [-0.2, 0) is 10.0 Å². The van der Waals surface area contributed by atoms with Gasteiger partial charge in [0.2, 0.25) is 15.9 Å². The number of thiazole rings is 1. The van der Waals surface area contributed by atoms with Crippen LogP contribution >= 0.6 is 11.3 Å². The summed E-state index contributed by atoms with van der Waals surface area (Å²) in [6.45, 7) is 6.17. The maximum Gasteiger partial charge on any atom is 0.240 e. The summed E-state index contributed by atoms with van der Waals surface area (Å²) in [5.74, 6) is 1.13. The molecule has 0 aliphatic heterocycles. The number of aryl methyl sites for hydroxylation is 3. The first-order valence-electron chi connectivity index (χ1n) is 11.7. The highest BCUT2D eigenvalue weighted by atomic mass is 32.2. The molecule has 0 fully saturated rings. The van der Waals surface area contributed by atoms with Crippen molar-refractivity contribution in [1.82, 2.24) is 19.7 Å². The zero-order valence-electron chi connectivity index (χ0n) is 20.9. The largest absolute Gasteiger partial charge is 0.495 e. The SMILES string of the molecule is COc1cnc2c(-c3nc4c(C)cc(OCCNS(=O)(=O)c5ccc(C)cc5)nc4s3)cc(C)cc2c1. The van der Waals surface area contributed by atoms with Crippen LogP contribution in [0, 0.1) is 20.8 Å². The van der Waals surface area contributed by atoms with Crippen molar-refractivity contribution in [2.45, 2.75) is 25.7 Å². The highest BCUT2D eigenvalue weighted by Gasteiger charge is 2.16. The number of nitrogens with one attached hydrogen (secondary N) is 1. The number of hydrogen-bond acceptors (Lipinski definition) is 8. The van der Waals surface area contributed by atoms with Gasteiger partial charge in [0.15, 0.2) is 0 Å². The smallest absolute Gasteiger partial charge is 0.240 e. The normalized spacial score (nSPS) is 11.8. The molecule has 0 amide bonds. The van der Waals surface area contributed by atoms with Crippen molar-refractivity contribution in [3.63, 3.8) is 0 Å². The first-order valence-corrected chi connectivity index (χ1v) is 14.0. The second kappa shape index (κ2) is 10.0. The molecule has 3 aromatic heterocycles. The average Bonchev–Trinajstić information content (AvgIpc) is 3.31. The van der Waals surface area contributed by atoms with E-state index in [1.807, 2.05) is 32.9 Å². The number of nitrogens with zero attached hydrogens (tertiary/aromatic N) is 3. The molecule has 0 atom stereocenters. The van der Waals surface area contributed by atoms with Gasteiger partial charge in [0, 0.05) is 23.6 Å². The number of sulfonamides is 1. The van der Waals surface area contributed by atoms with E-state index >= 15 is 0 Å². The van der Waals surface area contributed by atoms with Gasteiger partial charge >= 0.3 is 0 Å². The summed E-state index contributed by atoms with van der Waals surface area (Å²) in [6.07, 6.45) is 1.71. The van der Waals surface area contributed by atoms with Crippen LogP contribution in [0.25, 0.3) is 31.8 Å². The van der Waals surface area contributed by atoms with E-state index in [-0.39, 0.29) is 18.0 Å². The Balaban J connectivity index is 1.35. The fourth-order valence-corrected chi connectivity index (χ4v) is 6.04. The number of fused-ring (bicyclic) bond motifs is 2. The van der Waals surface area contributed by atoms with Crippen LogP contribution in [0.1, 0.15) is 16.7 Å². The van der Waals surface area contributed by atoms with E-state index in [2.05, 4.69) is 26.8 Å². The molecule has 0 aliphatic rings. The van der Waals surface area contributed by atoms with Crippen molar-refractivity contribution < 1.29 is 17.9 Å². The second-order valence-corrected chi connectivity index (χ2v) is 11.5. The molecule has 0 aliphatic carbocycles. The quantitative estimate of drug-likeness (QED) is 0.273. The summed E-state index contributed by atoms with van der Waals surface area (Å²) < 4.78 is 38.6. The Kier molecular flexibility index (Phi) is 6.80. The molecule has 3 heterocycles. The van der Waals surface area contributed by atoms with E-state index in [0.29, 0.717) is 11.6 Å². The van der Waals surface area contributed by atoms with Gasteiger partial charge in [-0.3, -0.25) is 4.98 Å². The lowest BCUT2D eigenvalue weighted by molar-refractivity contribution is 0.311. The Bertz CT molecular complexity index is 1710. The van der Waals surface area contributed by atoms with Crippen LogP contribution in [0.15, 0.2) is 59.6 Å². The molecule has 2 aromatic carbocycles. The van der Waals surface area contributed by atoms with Gasteiger partial charge in [0.25, 0.3) is 0 Å². The molecule has 0 bridgehead atoms. The number of benzene rings is 2. The Morgan fingerprint density at radius 2 is 1.73 bits per heavy atom. The Morgan fingerprint density at radius 1 is 0.946 bits per heavy atom. The molecular formula is C27H26N4O4S2. The van der Waals surface area contributed by atoms with E-state index in [9.17, 15) is 8.42 Å². The molecule has 10 heteroatoms. The summed E-state index contributed by atoms with van der Waals surface area (Å²) in [5.41, 5.74) is 5.61. The number of methoxy groups -OCH3 is 1.